The van der Waals surface area contributed by atoms with Crippen molar-refractivity contribution in [2.45, 2.75) is 221 Å². The van der Waals surface area contributed by atoms with E-state index in [-0.39, 0.29) is 18.8 Å². The average molecular weight is 1070 g/mol. The van der Waals surface area contributed by atoms with Gasteiger partial charge in [-0.25, -0.2) is 0 Å². The maximum absolute atomic E-state index is 11.9. The number of nitrogens with zero attached hydrogens (tertiary/aromatic N) is 3. The number of allylic oxidation sites excluding steroid dienone is 2. The molecule has 1 amide bonds. The standard InChI is InChI=1S/C28H35NO.C23H34N2O.C22H29N.H2/c1-21(30)19-24-20-28(27-10-6-5-9-26(24)27)15-17-29(18-16-28)25-13-11-23(12-14-25)22-7-3-2-4-8-22;1-18(26)24-22-17-23(21-12-8-7-11-20(21)22)13-15-25(16-14-23)19-9-5-3-2-4-6-10-19;1-2-4-21-19(3-1)9-10-22(21)11-13-23(14-12-22)16-20-15-17-5-7-18(20)8-6-17;/h2-10,23-25H,11-20H2,1H3;7-8,11-12,19,22H,2-6,9-10,13-17H2,1H3,(H,24,26);1-5,7,17-18,20H,6,8-16H2;1H/t23?,24-,25?;22-;17-,18-,20+;/m000./s1. The van der Waals surface area contributed by atoms with Crippen molar-refractivity contribution in [3.05, 3.63) is 154 Å². The number of carbonyl (C=O) groups excluding carboxylic acids is 2. The Hall–Kier alpha value is -4.36. The molecular formula is C73H100N4O2. The van der Waals surface area contributed by atoms with Crippen molar-refractivity contribution in [3.63, 3.8) is 0 Å². The lowest BCUT2D eigenvalue weighted by atomic mass is 9.68. The Morgan fingerprint density at radius 2 is 1.11 bits per heavy atom. The topological polar surface area (TPSA) is 55.9 Å². The lowest BCUT2D eigenvalue weighted by Crippen LogP contribution is -2.47. The zero-order chi connectivity index (χ0) is 53.8. The first-order chi connectivity index (χ1) is 38.6. The van der Waals surface area contributed by atoms with E-state index in [2.05, 4.69) is 135 Å². The molecule has 5 atom stereocenters. The normalized spacial score (nSPS) is 29.8. The maximum atomic E-state index is 11.9. The van der Waals surface area contributed by atoms with Crippen LogP contribution in [-0.4, -0.2) is 84.3 Å². The minimum Gasteiger partial charge on any atom is -0.349 e. The van der Waals surface area contributed by atoms with Crippen molar-refractivity contribution in [1.82, 2.24) is 20.0 Å². The molecule has 3 spiro atoms. The highest BCUT2D eigenvalue weighted by atomic mass is 16.1. The Morgan fingerprint density at radius 1 is 0.544 bits per heavy atom. The van der Waals surface area contributed by atoms with E-state index in [1.165, 1.54) is 216 Å². The molecule has 79 heavy (non-hydrogen) atoms. The Morgan fingerprint density at radius 3 is 1.73 bits per heavy atom. The summed E-state index contributed by atoms with van der Waals surface area (Å²) in [6.07, 6.45) is 38.2. The second kappa shape index (κ2) is 24.6. The summed E-state index contributed by atoms with van der Waals surface area (Å²) in [5.41, 5.74) is 11.9. The van der Waals surface area contributed by atoms with Crippen LogP contribution in [0.1, 0.15) is 226 Å². The van der Waals surface area contributed by atoms with Crippen molar-refractivity contribution >= 4 is 11.7 Å². The van der Waals surface area contributed by atoms with Gasteiger partial charge >= 0.3 is 0 Å². The average Bonchev–Trinajstić information content (AvgIpc) is 4.25. The maximum Gasteiger partial charge on any atom is 0.217 e. The van der Waals surface area contributed by atoms with E-state index in [1.807, 2.05) is 0 Å². The van der Waals surface area contributed by atoms with Gasteiger partial charge in [-0.1, -0.05) is 147 Å². The summed E-state index contributed by atoms with van der Waals surface area (Å²) < 4.78 is 0. The number of benzene rings is 4. The smallest absolute Gasteiger partial charge is 0.217 e. The number of fused-ring (bicyclic) bond motifs is 8. The third kappa shape index (κ3) is 12.1. The van der Waals surface area contributed by atoms with Gasteiger partial charge in [-0.15, -0.1) is 0 Å². The van der Waals surface area contributed by atoms with Gasteiger partial charge < -0.3 is 24.8 Å². The highest BCUT2D eigenvalue weighted by Crippen LogP contribution is 2.54. The van der Waals surface area contributed by atoms with Crippen LogP contribution < -0.4 is 5.32 Å². The Kier molecular flexibility index (Phi) is 17.2. The number of likely N-dealkylation sites (tertiary alicyclic amines) is 3. The third-order valence-electron chi connectivity index (χ3n) is 23.1. The summed E-state index contributed by atoms with van der Waals surface area (Å²) in [4.78, 5) is 31.9. The summed E-state index contributed by atoms with van der Waals surface area (Å²) >= 11 is 0. The molecule has 424 valence electrons. The van der Waals surface area contributed by atoms with Gasteiger partial charge in [-0.2, -0.15) is 0 Å². The van der Waals surface area contributed by atoms with E-state index in [0.29, 0.717) is 29.0 Å². The summed E-state index contributed by atoms with van der Waals surface area (Å²) in [7, 11) is 0. The third-order valence-corrected chi connectivity index (χ3v) is 23.1. The van der Waals surface area contributed by atoms with E-state index < -0.39 is 0 Å². The predicted molar refractivity (Wildman–Crippen MR) is 327 cm³/mol. The number of Topliss-reactive ketones (excluding diaryl/α,β-unsaturated/α-hetero) is 1. The van der Waals surface area contributed by atoms with E-state index in [9.17, 15) is 9.59 Å². The zero-order valence-corrected chi connectivity index (χ0v) is 48.9. The molecule has 15 rings (SSSR count). The van der Waals surface area contributed by atoms with Crippen LogP contribution in [0.3, 0.4) is 0 Å². The van der Waals surface area contributed by atoms with Gasteiger partial charge in [0.2, 0.25) is 5.91 Å². The second-order valence-corrected chi connectivity index (χ2v) is 27.6. The number of rotatable bonds is 8. The number of aryl methyl sites for hydroxylation is 1. The fraction of sp³-hybridized carbons (Fsp3) is 0.616. The summed E-state index contributed by atoms with van der Waals surface area (Å²) in [5, 5.41) is 3.21. The van der Waals surface area contributed by atoms with Crippen LogP contribution in [0.2, 0.25) is 0 Å². The molecule has 6 fully saturated rings. The number of ketones is 1. The molecule has 0 unspecified atom stereocenters. The zero-order valence-electron chi connectivity index (χ0n) is 48.9. The van der Waals surface area contributed by atoms with Crippen LogP contribution in [0.15, 0.2) is 115 Å². The lowest BCUT2D eigenvalue weighted by molar-refractivity contribution is -0.120. The lowest BCUT2D eigenvalue weighted by Gasteiger charge is -2.45. The van der Waals surface area contributed by atoms with E-state index in [4.69, 9.17) is 0 Å². The van der Waals surface area contributed by atoms with Crippen LogP contribution in [0, 0.1) is 17.8 Å². The van der Waals surface area contributed by atoms with Crippen LogP contribution in [0.25, 0.3) is 0 Å². The van der Waals surface area contributed by atoms with Gasteiger partial charge in [0.1, 0.15) is 5.78 Å². The molecule has 4 aromatic rings. The molecule has 3 saturated heterocycles. The van der Waals surface area contributed by atoms with Crippen LogP contribution in [0.4, 0.5) is 0 Å². The van der Waals surface area contributed by atoms with Crippen LogP contribution in [0.5, 0.6) is 0 Å². The van der Waals surface area contributed by atoms with Gasteiger partial charge in [-0.3, -0.25) is 4.79 Å². The first-order valence-corrected chi connectivity index (χ1v) is 32.6. The summed E-state index contributed by atoms with van der Waals surface area (Å²) in [5.74, 6) is 4.36. The molecule has 3 heterocycles. The Bertz CT molecular complexity index is 2700. The largest absolute Gasteiger partial charge is 0.349 e. The first-order valence-electron chi connectivity index (χ1n) is 32.6. The SMILES string of the molecule is C1=C[C@H]2CC[C@H]1C[C@@H]2CN1CCC2(CCc3ccccc32)CC1.CC(=O)C[C@H]1CC2(CCN(C3CCC(c4ccccc4)CC3)CC2)c2ccccc21.CC(=O)N[C@H]1CC2(CCN(C3CCCCCCC3)CC2)c2ccccc21.[HH]. The van der Waals surface area contributed by atoms with Crippen molar-refractivity contribution < 1.29 is 11.0 Å². The number of piperidine rings is 3. The van der Waals surface area contributed by atoms with Crippen LogP contribution >= 0.6 is 0 Å². The Balaban J connectivity index is 0.000000127. The monoisotopic (exact) mass is 1060 g/mol. The van der Waals surface area contributed by atoms with Crippen molar-refractivity contribution in [2.75, 3.05) is 45.8 Å². The molecule has 6 heteroatoms. The molecule has 11 aliphatic rings. The minimum absolute atomic E-state index is 0. The predicted octanol–water partition coefficient (Wildman–Crippen LogP) is 15.7. The molecule has 4 aromatic carbocycles. The number of hydrogen-bond acceptors (Lipinski definition) is 5. The number of carbonyl (C=O) groups is 2. The highest BCUT2D eigenvalue weighted by Gasteiger charge is 2.48. The number of amides is 1. The van der Waals surface area contributed by atoms with Gasteiger partial charge in [0.05, 0.1) is 6.04 Å². The molecular weight excluding hydrogens is 965 g/mol. The summed E-state index contributed by atoms with van der Waals surface area (Å²) in [6, 6.07) is 40.0. The fourth-order valence-electron chi connectivity index (χ4n) is 18.7. The molecule has 0 radical (unpaired) electrons. The molecule has 8 aliphatic carbocycles. The molecule has 0 aromatic heterocycles. The molecule has 2 bridgehead atoms. The van der Waals surface area contributed by atoms with Crippen LogP contribution in [-0.2, 0) is 32.3 Å². The molecule has 1 N–H and O–H groups in total. The quantitative estimate of drug-likeness (QED) is 0.178. The molecule has 3 aliphatic heterocycles. The highest BCUT2D eigenvalue weighted by molar-refractivity contribution is 5.77. The van der Waals surface area contributed by atoms with Crippen molar-refractivity contribution in [2.24, 2.45) is 17.8 Å². The first kappa shape index (κ1) is 55.2. The van der Waals surface area contributed by atoms with Gasteiger partial charge in [0, 0.05) is 38.8 Å². The van der Waals surface area contributed by atoms with Crippen molar-refractivity contribution in [3.8, 4) is 0 Å². The fourth-order valence-corrected chi connectivity index (χ4v) is 18.7. The van der Waals surface area contributed by atoms with Gasteiger partial charge in [0.25, 0.3) is 0 Å². The van der Waals surface area contributed by atoms with E-state index in [1.54, 1.807) is 30.5 Å². The van der Waals surface area contributed by atoms with E-state index >= 15 is 0 Å². The van der Waals surface area contributed by atoms with Crippen molar-refractivity contribution in [1.29, 1.82) is 0 Å². The Labute approximate surface area is 478 Å². The molecule has 6 nitrogen and oxygen atoms in total. The second-order valence-electron chi connectivity index (χ2n) is 27.6. The number of hydrogen-bond donors (Lipinski definition) is 1. The van der Waals surface area contributed by atoms with E-state index in [0.717, 1.165) is 42.2 Å². The summed E-state index contributed by atoms with van der Waals surface area (Å²) in [6.45, 7) is 12.3. The molecule has 3 saturated carbocycles. The minimum atomic E-state index is 0. The van der Waals surface area contributed by atoms with Gasteiger partial charge in [0.15, 0.2) is 0 Å². The van der Waals surface area contributed by atoms with Gasteiger partial charge in [-0.05, 0) is 248 Å². The number of nitrogens with one attached hydrogen (secondary N) is 1.